The molecule has 4 heteroatoms. The lowest BCUT2D eigenvalue weighted by atomic mass is 10.1. The number of hydrogen-bond acceptors (Lipinski definition) is 3. The molecule has 0 unspecified atom stereocenters. The molecular formula is C9H12FNOS. The zero-order chi connectivity index (χ0) is 9.68. The summed E-state index contributed by atoms with van der Waals surface area (Å²) in [5, 5.41) is 0. The minimum absolute atomic E-state index is 0.179. The highest BCUT2D eigenvalue weighted by atomic mass is 32.2. The van der Waals surface area contributed by atoms with Gasteiger partial charge in [0.2, 0.25) is 0 Å². The number of nitrogens with two attached hydrogens (primary N) is 1. The third-order valence-corrected chi connectivity index (χ3v) is 2.61. The maximum atomic E-state index is 13.2. The van der Waals surface area contributed by atoms with Crippen molar-refractivity contribution in [2.45, 2.75) is 11.3 Å². The monoisotopic (exact) mass is 201 g/mol. The summed E-state index contributed by atoms with van der Waals surface area (Å²) in [6.45, 7) is 0.414. The second-order valence-electron chi connectivity index (χ2n) is 2.55. The van der Waals surface area contributed by atoms with Gasteiger partial charge in [-0.3, -0.25) is 0 Å². The van der Waals surface area contributed by atoms with Crippen LogP contribution in [0.3, 0.4) is 0 Å². The average molecular weight is 201 g/mol. The molecule has 0 atom stereocenters. The van der Waals surface area contributed by atoms with Gasteiger partial charge in [0.1, 0.15) is 5.82 Å². The Morgan fingerprint density at radius 3 is 2.92 bits per heavy atom. The summed E-state index contributed by atoms with van der Waals surface area (Å²) in [7, 11) is 0. The highest BCUT2D eigenvalue weighted by Crippen LogP contribution is 2.23. The van der Waals surface area contributed by atoms with Crippen molar-refractivity contribution in [3.8, 4) is 0 Å². The molecule has 2 nitrogen and oxygen atoms in total. The molecule has 72 valence electrons. The van der Waals surface area contributed by atoms with Gasteiger partial charge in [-0.1, -0.05) is 12.1 Å². The predicted molar refractivity (Wildman–Crippen MR) is 52.0 cm³/mol. The molecule has 1 rings (SSSR count). The van der Waals surface area contributed by atoms with Crippen LogP contribution in [0.5, 0.6) is 0 Å². The summed E-state index contributed by atoms with van der Waals surface area (Å²) >= 11 is 1.40. The van der Waals surface area contributed by atoms with Crippen LogP contribution in [0.1, 0.15) is 5.56 Å². The van der Waals surface area contributed by atoms with Crippen LogP contribution >= 0.6 is 11.8 Å². The fourth-order valence-electron chi connectivity index (χ4n) is 1.15. The van der Waals surface area contributed by atoms with Crippen LogP contribution in [-0.2, 0) is 11.3 Å². The Hall–Kier alpha value is -0.580. The smallest absolute Gasteiger partial charge is 0.137 e. The molecule has 0 saturated heterocycles. The van der Waals surface area contributed by atoms with E-state index in [1.165, 1.54) is 17.8 Å². The van der Waals surface area contributed by atoms with Crippen molar-refractivity contribution in [1.29, 1.82) is 0 Å². The molecule has 0 spiro atoms. The first-order chi connectivity index (χ1) is 6.29. The summed E-state index contributed by atoms with van der Waals surface area (Å²) in [5.41, 5.74) is 0.943. The van der Waals surface area contributed by atoms with Crippen LogP contribution in [0.2, 0.25) is 0 Å². The zero-order valence-corrected chi connectivity index (χ0v) is 8.23. The van der Waals surface area contributed by atoms with E-state index in [0.29, 0.717) is 17.9 Å². The molecule has 0 radical (unpaired) electrons. The van der Waals surface area contributed by atoms with E-state index in [4.69, 9.17) is 5.90 Å². The van der Waals surface area contributed by atoms with Crippen molar-refractivity contribution in [3.63, 3.8) is 0 Å². The second-order valence-corrected chi connectivity index (χ2v) is 3.37. The van der Waals surface area contributed by atoms with Gasteiger partial charge in [0.05, 0.1) is 6.61 Å². The second kappa shape index (κ2) is 5.21. The minimum atomic E-state index is -0.179. The molecule has 0 aliphatic carbocycles. The Morgan fingerprint density at radius 2 is 2.31 bits per heavy atom. The third kappa shape index (κ3) is 2.69. The maximum absolute atomic E-state index is 13.2. The van der Waals surface area contributed by atoms with Crippen molar-refractivity contribution < 1.29 is 9.23 Å². The molecule has 0 aromatic heterocycles. The van der Waals surface area contributed by atoms with Crippen molar-refractivity contribution in [1.82, 2.24) is 0 Å². The molecule has 0 amide bonds. The zero-order valence-electron chi connectivity index (χ0n) is 7.42. The van der Waals surface area contributed by atoms with E-state index in [1.807, 2.05) is 12.3 Å². The van der Waals surface area contributed by atoms with Crippen LogP contribution in [0.4, 0.5) is 4.39 Å². The Morgan fingerprint density at radius 1 is 1.54 bits per heavy atom. The first-order valence-corrected chi connectivity index (χ1v) is 5.15. The first kappa shape index (κ1) is 10.5. The van der Waals surface area contributed by atoms with Crippen LogP contribution in [0, 0.1) is 5.82 Å². The average Bonchev–Trinajstić information content (AvgIpc) is 2.15. The van der Waals surface area contributed by atoms with Gasteiger partial charge >= 0.3 is 0 Å². The molecule has 13 heavy (non-hydrogen) atoms. The lowest BCUT2D eigenvalue weighted by Gasteiger charge is -2.06. The van der Waals surface area contributed by atoms with Crippen molar-refractivity contribution >= 4 is 11.8 Å². The van der Waals surface area contributed by atoms with Crippen molar-refractivity contribution in [2.75, 3.05) is 12.9 Å². The number of hydrogen-bond donors (Lipinski definition) is 1. The van der Waals surface area contributed by atoms with Gasteiger partial charge in [-0.25, -0.2) is 10.3 Å². The number of halogens is 1. The fourth-order valence-corrected chi connectivity index (χ4v) is 1.84. The van der Waals surface area contributed by atoms with Gasteiger partial charge in [-0.15, -0.1) is 11.8 Å². The van der Waals surface area contributed by atoms with Crippen LogP contribution in [0.15, 0.2) is 23.1 Å². The topological polar surface area (TPSA) is 35.2 Å². The number of benzene rings is 1. The quantitative estimate of drug-likeness (QED) is 0.597. The fraction of sp³-hybridized carbons (Fsp3) is 0.333. The van der Waals surface area contributed by atoms with E-state index in [9.17, 15) is 4.39 Å². The van der Waals surface area contributed by atoms with Crippen molar-refractivity contribution in [2.24, 2.45) is 5.90 Å². The Balaban J connectivity index is 2.85. The van der Waals surface area contributed by atoms with E-state index in [-0.39, 0.29) is 5.82 Å². The summed E-state index contributed by atoms with van der Waals surface area (Å²) in [6, 6.07) is 5.04. The van der Waals surface area contributed by atoms with Gasteiger partial charge in [0, 0.05) is 4.90 Å². The normalized spacial score (nSPS) is 10.4. The van der Waals surface area contributed by atoms with Crippen LogP contribution in [0.25, 0.3) is 0 Å². The number of thioether (sulfide) groups is 1. The van der Waals surface area contributed by atoms with Gasteiger partial charge in [-0.05, 0) is 24.3 Å². The molecule has 0 bridgehead atoms. The maximum Gasteiger partial charge on any atom is 0.137 e. The molecule has 1 aromatic carbocycles. The first-order valence-electron chi connectivity index (χ1n) is 3.92. The lowest BCUT2D eigenvalue weighted by molar-refractivity contribution is 0.141. The summed E-state index contributed by atoms with van der Waals surface area (Å²) in [5.74, 6) is 4.73. The molecule has 0 fully saturated rings. The molecular weight excluding hydrogens is 189 g/mol. The lowest BCUT2D eigenvalue weighted by Crippen LogP contribution is -2.04. The van der Waals surface area contributed by atoms with E-state index in [2.05, 4.69) is 4.84 Å². The summed E-state index contributed by atoms with van der Waals surface area (Å²) < 4.78 is 13.2. The van der Waals surface area contributed by atoms with Crippen LogP contribution in [-0.4, -0.2) is 12.9 Å². The molecule has 0 saturated carbocycles. The van der Waals surface area contributed by atoms with E-state index in [0.717, 1.165) is 5.56 Å². The highest BCUT2D eigenvalue weighted by Gasteiger charge is 2.06. The van der Waals surface area contributed by atoms with E-state index in [1.54, 1.807) is 6.07 Å². The Labute approximate surface area is 81.2 Å². The standard InChI is InChI=1S/C9H12FNOS/c1-13-9-7(5-6-12-11)3-2-4-8(9)10/h2-4H,5-6,11H2,1H3. The third-order valence-electron chi connectivity index (χ3n) is 1.74. The number of rotatable bonds is 4. The van der Waals surface area contributed by atoms with E-state index >= 15 is 0 Å². The molecule has 0 heterocycles. The largest absolute Gasteiger partial charge is 0.304 e. The minimum Gasteiger partial charge on any atom is -0.304 e. The predicted octanol–water partition coefficient (Wildman–Crippen LogP) is 1.98. The summed E-state index contributed by atoms with van der Waals surface area (Å²) in [4.78, 5) is 5.13. The molecule has 0 aliphatic heterocycles. The Kier molecular flexibility index (Phi) is 4.21. The Bertz CT molecular complexity index is 280. The molecule has 0 aliphatic rings. The van der Waals surface area contributed by atoms with Crippen LogP contribution < -0.4 is 5.90 Å². The van der Waals surface area contributed by atoms with E-state index < -0.39 is 0 Å². The molecule has 2 N–H and O–H groups in total. The van der Waals surface area contributed by atoms with Gasteiger partial charge in [-0.2, -0.15) is 0 Å². The van der Waals surface area contributed by atoms with Crippen molar-refractivity contribution in [3.05, 3.63) is 29.6 Å². The highest BCUT2D eigenvalue weighted by molar-refractivity contribution is 7.98. The van der Waals surface area contributed by atoms with Gasteiger partial charge in [0.25, 0.3) is 0 Å². The SMILES string of the molecule is CSc1c(F)cccc1CCON. The molecule has 1 aromatic rings. The summed E-state index contributed by atoms with van der Waals surface area (Å²) in [6.07, 6.45) is 2.50. The van der Waals surface area contributed by atoms with Gasteiger partial charge < -0.3 is 4.84 Å². The van der Waals surface area contributed by atoms with Gasteiger partial charge in [0.15, 0.2) is 0 Å².